The van der Waals surface area contributed by atoms with Gasteiger partial charge in [0.15, 0.2) is 0 Å². The number of hydrogen-bond acceptors (Lipinski definition) is 2. The third-order valence-electron chi connectivity index (χ3n) is 3.81. The van der Waals surface area contributed by atoms with E-state index >= 15 is 0 Å². The second kappa shape index (κ2) is 4.64. The van der Waals surface area contributed by atoms with E-state index in [1.54, 1.807) is 0 Å². The fourth-order valence-electron chi connectivity index (χ4n) is 2.83. The van der Waals surface area contributed by atoms with Gasteiger partial charge in [-0.2, -0.15) is 0 Å². The summed E-state index contributed by atoms with van der Waals surface area (Å²) in [6.07, 6.45) is 5.82. The second-order valence-corrected chi connectivity index (χ2v) is 5.19. The van der Waals surface area contributed by atoms with Crippen LogP contribution in [0.3, 0.4) is 0 Å². The minimum atomic E-state index is -1.26. The SMILES string of the molecule is O=C(O)c1cc2nc(CC3CCCC3)[nH]c2cc1F. The highest BCUT2D eigenvalue weighted by atomic mass is 19.1. The highest BCUT2D eigenvalue weighted by Crippen LogP contribution is 2.28. The standard InChI is InChI=1S/C14H15FN2O2/c15-10-7-12-11(6-9(10)14(18)19)16-13(17-12)5-8-3-1-2-4-8/h6-8H,1-5H2,(H,16,17)(H,18,19). The average molecular weight is 262 g/mol. The number of aromatic amines is 1. The number of carboxylic acids is 1. The van der Waals surface area contributed by atoms with Crippen LogP contribution in [0.1, 0.15) is 41.9 Å². The van der Waals surface area contributed by atoms with E-state index in [4.69, 9.17) is 5.11 Å². The Morgan fingerprint density at radius 3 is 2.84 bits per heavy atom. The van der Waals surface area contributed by atoms with Crippen LogP contribution in [0.4, 0.5) is 4.39 Å². The maximum atomic E-state index is 13.6. The largest absolute Gasteiger partial charge is 0.478 e. The fourth-order valence-corrected chi connectivity index (χ4v) is 2.83. The summed E-state index contributed by atoms with van der Waals surface area (Å²) in [6.45, 7) is 0. The van der Waals surface area contributed by atoms with Crippen molar-refractivity contribution in [1.82, 2.24) is 9.97 Å². The Balaban J connectivity index is 1.93. The molecule has 2 N–H and O–H groups in total. The number of H-pyrrole nitrogens is 1. The van der Waals surface area contributed by atoms with Crippen LogP contribution in [-0.2, 0) is 6.42 Å². The van der Waals surface area contributed by atoms with Crippen molar-refractivity contribution in [3.05, 3.63) is 29.3 Å². The van der Waals surface area contributed by atoms with Gasteiger partial charge < -0.3 is 10.1 Å². The average Bonchev–Trinajstić information content (AvgIpc) is 2.96. The van der Waals surface area contributed by atoms with E-state index < -0.39 is 11.8 Å². The van der Waals surface area contributed by atoms with Crippen molar-refractivity contribution < 1.29 is 14.3 Å². The summed E-state index contributed by atoms with van der Waals surface area (Å²) in [5.74, 6) is -0.524. The Kier molecular flexibility index (Phi) is 2.97. The number of nitrogens with one attached hydrogen (secondary N) is 1. The summed E-state index contributed by atoms with van der Waals surface area (Å²) in [4.78, 5) is 18.3. The number of imidazole rings is 1. The maximum absolute atomic E-state index is 13.6. The number of rotatable bonds is 3. The molecule has 4 nitrogen and oxygen atoms in total. The summed E-state index contributed by atoms with van der Waals surface area (Å²) < 4.78 is 13.6. The molecule has 1 fully saturated rings. The molecule has 2 aromatic rings. The Labute approximate surface area is 109 Å². The first-order valence-electron chi connectivity index (χ1n) is 6.55. The van der Waals surface area contributed by atoms with Gasteiger partial charge in [0.25, 0.3) is 0 Å². The molecule has 1 aromatic heterocycles. The molecule has 3 rings (SSSR count). The summed E-state index contributed by atoms with van der Waals surface area (Å²) >= 11 is 0. The lowest BCUT2D eigenvalue weighted by Gasteiger charge is -2.04. The molecule has 0 spiro atoms. The lowest BCUT2D eigenvalue weighted by Crippen LogP contribution is -2.00. The summed E-state index contributed by atoms with van der Waals surface area (Å²) in [5.41, 5.74) is 0.758. The molecule has 0 bridgehead atoms. The lowest BCUT2D eigenvalue weighted by atomic mass is 10.0. The van der Waals surface area contributed by atoms with Gasteiger partial charge in [-0.15, -0.1) is 0 Å². The molecule has 1 saturated carbocycles. The molecular formula is C14H15FN2O2. The minimum Gasteiger partial charge on any atom is -0.478 e. The van der Waals surface area contributed by atoms with E-state index in [-0.39, 0.29) is 5.56 Å². The number of benzene rings is 1. The van der Waals surface area contributed by atoms with Crippen LogP contribution >= 0.6 is 0 Å². The quantitative estimate of drug-likeness (QED) is 0.893. The normalized spacial score (nSPS) is 16.3. The highest BCUT2D eigenvalue weighted by molar-refractivity contribution is 5.92. The summed E-state index contributed by atoms with van der Waals surface area (Å²) in [6, 6.07) is 2.51. The van der Waals surface area contributed by atoms with Crippen LogP contribution in [0.5, 0.6) is 0 Å². The Hall–Kier alpha value is -1.91. The molecular weight excluding hydrogens is 247 g/mol. The molecule has 0 unspecified atom stereocenters. The van der Waals surface area contributed by atoms with Gasteiger partial charge in [0, 0.05) is 12.5 Å². The topological polar surface area (TPSA) is 66.0 Å². The molecule has 1 aliphatic rings. The van der Waals surface area contributed by atoms with Crippen LogP contribution in [-0.4, -0.2) is 21.0 Å². The molecule has 5 heteroatoms. The monoisotopic (exact) mass is 262 g/mol. The van der Waals surface area contributed by atoms with E-state index in [0.717, 1.165) is 12.2 Å². The van der Waals surface area contributed by atoms with Crippen LogP contribution < -0.4 is 0 Å². The van der Waals surface area contributed by atoms with Crippen molar-refractivity contribution in [2.24, 2.45) is 5.92 Å². The van der Waals surface area contributed by atoms with Crippen molar-refractivity contribution >= 4 is 17.0 Å². The van der Waals surface area contributed by atoms with Gasteiger partial charge in [0.05, 0.1) is 16.6 Å². The van der Waals surface area contributed by atoms with Crippen molar-refractivity contribution in [2.75, 3.05) is 0 Å². The van der Waals surface area contributed by atoms with Gasteiger partial charge >= 0.3 is 5.97 Å². The van der Waals surface area contributed by atoms with E-state index in [1.165, 1.54) is 37.8 Å². The molecule has 100 valence electrons. The maximum Gasteiger partial charge on any atom is 0.338 e. The first-order chi connectivity index (χ1) is 9.13. The summed E-state index contributed by atoms with van der Waals surface area (Å²) in [7, 11) is 0. The molecule has 0 aliphatic heterocycles. The number of hydrogen-bond donors (Lipinski definition) is 2. The predicted molar refractivity (Wildman–Crippen MR) is 68.7 cm³/mol. The zero-order valence-corrected chi connectivity index (χ0v) is 10.4. The number of aromatic nitrogens is 2. The number of carbonyl (C=O) groups is 1. The van der Waals surface area contributed by atoms with Crippen LogP contribution in [0.15, 0.2) is 12.1 Å². The first-order valence-corrected chi connectivity index (χ1v) is 6.55. The fraction of sp³-hybridized carbons (Fsp3) is 0.429. The highest BCUT2D eigenvalue weighted by Gasteiger charge is 2.18. The molecule has 19 heavy (non-hydrogen) atoms. The smallest absolute Gasteiger partial charge is 0.338 e. The first kappa shape index (κ1) is 12.1. The number of aromatic carboxylic acids is 1. The van der Waals surface area contributed by atoms with Crippen molar-refractivity contribution in [2.45, 2.75) is 32.1 Å². The molecule has 1 aromatic carbocycles. The Bertz CT molecular complexity index is 630. The summed E-state index contributed by atoms with van der Waals surface area (Å²) in [5, 5.41) is 8.88. The molecule has 0 atom stereocenters. The number of halogens is 1. The molecule has 0 saturated heterocycles. The van der Waals surface area contributed by atoms with Gasteiger partial charge in [0.1, 0.15) is 11.6 Å². The number of fused-ring (bicyclic) bond motifs is 1. The zero-order chi connectivity index (χ0) is 13.4. The molecule has 0 radical (unpaired) electrons. The van der Waals surface area contributed by atoms with Gasteiger partial charge in [-0.05, 0) is 12.0 Å². The van der Waals surface area contributed by atoms with Crippen LogP contribution in [0.25, 0.3) is 11.0 Å². The predicted octanol–water partition coefficient (Wildman–Crippen LogP) is 3.13. The molecule has 1 heterocycles. The Morgan fingerprint density at radius 2 is 2.16 bits per heavy atom. The second-order valence-electron chi connectivity index (χ2n) is 5.19. The van der Waals surface area contributed by atoms with Crippen LogP contribution in [0.2, 0.25) is 0 Å². The third-order valence-corrected chi connectivity index (χ3v) is 3.81. The van der Waals surface area contributed by atoms with Crippen molar-refractivity contribution in [3.63, 3.8) is 0 Å². The minimum absolute atomic E-state index is 0.327. The molecule has 1 aliphatic carbocycles. The Morgan fingerprint density at radius 1 is 1.42 bits per heavy atom. The van der Waals surface area contributed by atoms with Gasteiger partial charge in [-0.3, -0.25) is 0 Å². The van der Waals surface area contributed by atoms with Crippen molar-refractivity contribution in [1.29, 1.82) is 0 Å². The van der Waals surface area contributed by atoms with Crippen molar-refractivity contribution in [3.8, 4) is 0 Å². The van der Waals surface area contributed by atoms with Gasteiger partial charge in [0.2, 0.25) is 0 Å². The third kappa shape index (κ3) is 2.32. The number of carboxylic acid groups (broad SMARTS) is 1. The van der Waals surface area contributed by atoms with E-state index in [1.807, 2.05) is 0 Å². The van der Waals surface area contributed by atoms with Gasteiger partial charge in [-0.1, -0.05) is 25.7 Å². The number of nitrogens with zero attached hydrogens (tertiary/aromatic N) is 1. The van der Waals surface area contributed by atoms with Gasteiger partial charge in [-0.25, -0.2) is 14.2 Å². The van der Waals surface area contributed by atoms with E-state index in [2.05, 4.69) is 9.97 Å². The zero-order valence-electron chi connectivity index (χ0n) is 10.4. The van der Waals surface area contributed by atoms with E-state index in [9.17, 15) is 9.18 Å². The lowest BCUT2D eigenvalue weighted by molar-refractivity contribution is 0.0692. The van der Waals surface area contributed by atoms with Crippen LogP contribution in [0, 0.1) is 11.7 Å². The molecule has 0 amide bonds. The van der Waals surface area contributed by atoms with E-state index in [0.29, 0.717) is 17.0 Å².